The molecule has 41 heavy (non-hydrogen) atoms. The van der Waals surface area contributed by atoms with Crippen molar-refractivity contribution >= 4 is 25.9 Å². The molecular weight excluding hydrogens is 538 g/mol. The van der Waals surface area contributed by atoms with E-state index < -0.39 is 13.5 Å². The molecule has 1 aromatic carbocycles. The summed E-state index contributed by atoms with van der Waals surface area (Å²) in [5.74, 6) is 0.593. The third-order valence-corrected chi connectivity index (χ3v) is 7.64. The summed E-state index contributed by atoms with van der Waals surface area (Å²) in [5.41, 5.74) is 1.63. The van der Waals surface area contributed by atoms with E-state index in [9.17, 15) is 4.79 Å². The molecule has 0 radical (unpaired) electrons. The van der Waals surface area contributed by atoms with Crippen LogP contribution in [0.15, 0.2) is 72.1 Å². The number of hydrogen-bond donors (Lipinski definition) is 2. The molecule has 0 spiro atoms. The fourth-order valence-corrected chi connectivity index (χ4v) is 4.15. The molecule has 0 saturated heterocycles. The van der Waals surface area contributed by atoms with Crippen molar-refractivity contribution < 1.29 is 23.7 Å². The number of nitrogens with zero attached hydrogens (tertiary/aromatic N) is 3. The van der Waals surface area contributed by atoms with Gasteiger partial charge in [0.2, 0.25) is 5.88 Å². The van der Waals surface area contributed by atoms with Crippen LogP contribution in [-0.2, 0) is 14.3 Å². The van der Waals surface area contributed by atoms with Gasteiger partial charge in [0, 0.05) is 44.3 Å². The highest BCUT2D eigenvalue weighted by atomic mass is 28.3. The minimum absolute atomic E-state index is 0.0279. The van der Waals surface area contributed by atoms with Gasteiger partial charge in [-0.05, 0) is 43.7 Å². The predicted octanol–water partition coefficient (Wildman–Crippen LogP) is 5.38. The molecule has 0 amide bonds. The Hall–Kier alpha value is -4.09. The van der Waals surface area contributed by atoms with Crippen molar-refractivity contribution in [2.24, 2.45) is 10.4 Å². The largest absolute Gasteiger partial charge is 0.476 e. The van der Waals surface area contributed by atoms with Gasteiger partial charge < -0.3 is 24.3 Å². The van der Waals surface area contributed by atoms with Gasteiger partial charge in [0.1, 0.15) is 19.1 Å². The molecule has 0 unspecified atom stereocenters. The highest BCUT2D eigenvalue weighted by Crippen LogP contribution is 2.23. The van der Waals surface area contributed by atoms with Crippen molar-refractivity contribution in [3.63, 3.8) is 0 Å². The molecule has 2 heterocycles. The van der Waals surface area contributed by atoms with Crippen molar-refractivity contribution in [1.82, 2.24) is 15.3 Å². The third-order valence-electron chi connectivity index (χ3n) is 5.93. The lowest BCUT2D eigenvalue weighted by molar-refractivity contribution is -0.152. The van der Waals surface area contributed by atoms with Gasteiger partial charge in [-0.15, -0.1) is 0 Å². The Bertz CT molecular complexity index is 1310. The van der Waals surface area contributed by atoms with Crippen LogP contribution in [0.1, 0.15) is 19.4 Å². The first-order chi connectivity index (χ1) is 19.5. The summed E-state index contributed by atoms with van der Waals surface area (Å²) < 4.78 is 22.1. The first-order valence-electron chi connectivity index (χ1n) is 13.3. The number of amidine groups is 2. The van der Waals surface area contributed by atoms with Crippen LogP contribution in [0.5, 0.6) is 11.6 Å². The van der Waals surface area contributed by atoms with E-state index in [4.69, 9.17) is 24.4 Å². The highest BCUT2D eigenvalue weighted by Gasteiger charge is 2.29. The zero-order valence-electron chi connectivity index (χ0n) is 24.6. The summed E-state index contributed by atoms with van der Waals surface area (Å²) in [6.07, 6.45) is 4.93. The zero-order chi connectivity index (χ0) is 29.9. The van der Waals surface area contributed by atoms with Crippen LogP contribution in [0.3, 0.4) is 0 Å². The lowest BCUT2D eigenvalue weighted by Crippen LogP contribution is -2.33. The number of ether oxygens (including phenoxy) is 4. The number of nitrogens with one attached hydrogen (secondary N) is 2. The molecule has 0 atom stereocenters. The number of rotatable bonds is 12. The molecular formula is C30H39N5O5Si. The fourth-order valence-electron chi connectivity index (χ4n) is 3.39. The summed E-state index contributed by atoms with van der Waals surface area (Å²) in [7, 11) is 0.159. The monoisotopic (exact) mass is 577 g/mol. The Labute approximate surface area is 242 Å². The summed E-state index contributed by atoms with van der Waals surface area (Å²) in [6.45, 7) is 11.4. The molecule has 0 aliphatic heterocycles. The minimum Gasteiger partial charge on any atom is -0.476 e. The molecule has 11 heteroatoms. The SMILES string of the molecule is COC(=O)C(C)(C)COc1ccc(-c2ccc(C(=N)/N=C(\NCOCC[Si](C)(C)C)Oc3cccnc3)cc2)cn1. The second-order valence-electron chi connectivity index (χ2n) is 11.2. The zero-order valence-corrected chi connectivity index (χ0v) is 25.6. The molecule has 3 rings (SSSR count). The van der Waals surface area contributed by atoms with E-state index in [0.29, 0.717) is 23.8 Å². The van der Waals surface area contributed by atoms with Crippen LogP contribution in [-0.4, -0.2) is 62.9 Å². The van der Waals surface area contributed by atoms with Crippen LogP contribution in [0.4, 0.5) is 0 Å². The number of carbonyl (C=O) groups excluding carboxylic acids is 1. The number of pyridine rings is 2. The van der Waals surface area contributed by atoms with E-state index in [0.717, 1.165) is 17.2 Å². The minimum atomic E-state index is -1.20. The Kier molecular flexibility index (Phi) is 11.1. The van der Waals surface area contributed by atoms with Crippen molar-refractivity contribution in [2.75, 3.05) is 27.1 Å². The number of esters is 1. The molecule has 2 aromatic heterocycles. The molecule has 2 N–H and O–H groups in total. The Morgan fingerprint density at radius 1 is 1.05 bits per heavy atom. The number of aromatic nitrogens is 2. The molecule has 3 aromatic rings. The maximum Gasteiger partial charge on any atom is 0.314 e. The van der Waals surface area contributed by atoms with Crippen LogP contribution in [0, 0.1) is 10.8 Å². The summed E-state index contributed by atoms with van der Waals surface area (Å²) in [5, 5.41) is 11.6. The first-order valence-corrected chi connectivity index (χ1v) is 17.0. The second-order valence-corrected chi connectivity index (χ2v) is 16.8. The first kappa shape index (κ1) is 31.4. The topological polar surface area (TPSA) is 128 Å². The average Bonchev–Trinajstić information content (AvgIpc) is 2.95. The highest BCUT2D eigenvalue weighted by molar-refractivity contribution is 6.76. The van der Waals surface area contributed by atoms with E-state index in [1.807, 2.05) is 30.3 Å². The lowest BCUT2D eigenvalue weighted by Gasteiger charge is -2.21. The molecule has 0 fully saturated rings. The molecule has 0 bridgehead atoms. The van der Waals surface area contributed by atoms with Gasteiger partial charge in [-0.3, -0.25) is 15.2 Å². The van der Waals surface area contributed by atoms with E-state index in [-0.39, 0.29) is 31.2 Å². The van der Waals surface area contributed by atoms with Gasteiger partial charge in [0.05, 0.1) is 18.7 Å². The van der Waals surface area contributed by atoms with E-state index in [1.165, 1.54) is 7.11 Å². The average molecular weight is 578 g/mol. The molecule has 218 valence electrons. The molecule has 0 aliphatic carbocycles. The number of methoxy groups -OCH3 is 1. The van der Waals surface area contributed by atoms with Gasteiger partial charge in [-0.2, -0.15) is 4.99 Å². The van der Waals surface area contributed by atoms with Gasteiger partial charge >= 0.3 is 5.97 Å². The standard InChI is InChI=1S/C30H39N5O5Si/c1-30(2,28(36)37-3)20-39-26-14-13-24(18-33-26)22-9-11-23(12-10-22)27(31)35-29(40-25-8-7-15-32-19-25)34-21-38-16-17-41(4,5)6/h7-15,18-19H,16-17,20-21H2,1-6H3,(H2,31,34,35). The van der Waals surface area contributed by atoms with Crippen molar-refractivity contribution in [3.05, 3.63) is 72.7 Å². The Morgan fingerprint density at radius 3 is 2.39 bits per heavy atom. The summed E-state index contributed by atoms with van der Waals surface area (Å²) >= 11 is 0. The third kappa shape index (κ3) is 10.4. The van der Waals surface area contributed by atoms with Crippen LogP contribution in [0.2, 0.25) is 25.7 Å². The van der Waals surface area contributed by atoms with Crippen molar-refractivity contribution in [2.45, 2.75) is 39.5 Å². The van der Waals surface area contributed by atoms with E-state index in [1.54, 1.807) is 50.6 Å². The second kappa shape index (κ2) is 14.5. The van der Waals surface area contributed by atoms with Gasteiger partial charge in [-0.25, -0.2) is 4.98 Å². The molecule has 10 nitrogen and oxygen atoms in total. The van der Waals surface area contributed by atoms with Gasteiger partial charge in [0.25, 0.3) is 6.02 Å². The fraction of sp³-hybridized carbons (Fsp3) is 0.367. The predicted molar refractivity (Wildman–Crippen MR) is 162 cm³/mol. The van der Waals surface area contributed by atoms with Gasteiger partial charge in [0.15, 0.2) is 5.84 Å². The Morgan fingerprint density at radius 2 is 1.78 bits per heavy atom. The number of benzene rings is 1. The maximum atomic E-state index is 11.8. The summed E-state index contributed by atoms with van der Waals surface area (Å²) in [6, 6.07) is 15.8. The molecule has 0 aliphatic rings. The van der Waals surface area contributed by atoms with Gasteiger partial charge in [-0.1, -0.05) is 43.9 Å². The van der Waals surface area contributed by atoms with E-state index in [2.05, 4.69) is 39.9 Å². The van der Waals surface area contributed by atoms with Crippen LogP contribution < -0.4 is 14.8 Å². The number of hydrogen-bond acceptors (Lipinski definition) is 8. The Balaban J connectivity index is 1.64. The van der Waals surface area contributed by atoms with E-state index >= 15 is 0 Å². The number of aliphatic imine (C=N–C) groups is 1. The number of carbonyl (C=O) groups is 1. The van der Waals surface area contributed by atoms with Crippen molar-refractivity contribution in [3.8, 4) is 22.8 Å². The molecule has 0 saturated carbocycles. The lowest BCUT2D eigenvalue weighted by atomic mass is 9.95. The summed E-state index contributed by atoms with van der Waals surface area (Å²) in [4.78, 5) is 24.6. The smallest absolute Gasteiger partial charge is 0.314 e. The maximum absolute atomic E-state index is 11.8. The normalized spacial score (nSPS) is 12.0. The van der Waals surface area contributed by atoms with Crippen LogP contribution in [0.25, 0.3) is 11.1 Å². The van der Waals surface area contributed by atoms with Crippen molar-refractivity contribution in [1.29, 1.82) is 5.41 Å². The quantitative estimate of drug-likeness (QED) is 0.0733. The van der Waals surface area contributed by atoms with Crippen LogP contribution >= 0.6 is 0 Å².